The van der Waals surface area contributed by atoms with Crippen LogP contribution in [0.5, 0.6) is 0 Å². The van der Waals surface area contributed by atoms with E-state index in [2.05, 4.69) is 14.2 Å². The second kappa shape index (κ2) is 18.0. The summed E-state index contributed by atoms with van der Waals surface area (Å²) < 4.78 is 113. The summed E-state index contributed by atoms with van der Waals surface area (Å²) in [5.41, 5.74) is 1.75. The lowest BCUT2D eigenvalue weighted by Crippen LogP contribution is -2.18. The topological polar surface area (TPSA) is 111 Å². The number of thiophene rings is 2. The Balaban J connectivity index is 0.000000261. The lowest BCUT2D eigenvalue weighted by atomic mass is 10.2. The van der Waals surface area contributed by atoms with Crippen molar-refractivity contribution >= 4 is 77.3 Å². The van der Waals surface area contributed by atoms with E-state index in [4.69, 9.17) is 27.9 Å². The third kappa shape index (κ3) is 11.9. The predicted molar refractivity (Wildman–Crippen MR) is 184 cm³/mol. The van der Waals surface area contributed by atoms with E-state index in [1.54, 1.807) is 54.9 Å². The highest BCUT2D eigenvalue weighted by molar-refractivity contribution is 7.93. The van der Waals surface area contributed by atoms with Crippen LogP contribution in [0.2, 0.25) is 10.0 Å². The van der Waals surface area contributed by atoms with E-state index in [9.17, 15) is 34.4 Å². The number of anilines is 2. The van der Waals surface area contributed by atoms with E-state index in [1.165, 1.54) is 40.9 Å². The van der Waals surface area contributed by atoms with E-state index in [1.807, 2.05) is 0 Å². The van der Waals surface area contributed by atoms with Gasteiger partial charge < -0.3 is 9.47 Å². The molecule has 0 bridgehead atoms. The molecule has 18 heteroatoms. The van der Waals surface area contributed by atoms with Crippen LogP contribution in [0.4, 0.5) is 28.9 Å². The third-order valence-electron chi connectivity index (χ3n) is 6.43. The molecule has 0 aliphatic heterocycles. The van der Waals surface area contributed by atoms with Crippen LogP contribution in [-0.2, 0) is 42.4 Å². The monoisotopic (exact) mass is 790 g/mol. The van der Waals surface area contributed by atoms with E-state index >= 15 is 0 Å². The summed E-state index contributed by atoms with van der Waals surface area (Å²) in [5.74, 6) is 0. The Kier molecular flexibility index (Phi) is 15.0. The van der Waals surface area contributed by atoms with Crippen LogP contribution in [0.15, 0.2) is 69.1 Å². The Morgan fingerprint density at radius 1 is 0.708 bits per heavy atom. The molecule has 0 amide bonds. The standard InChI is InChI=1S/C15H15ClF3NO3S2.C15H17ClFNO3S2/c1-10-11(16)3-2-4-14(10)25(21,22)20-12-6-8-24-13(12)5-7-23-9-15(17,18)19;1-11-12(16)3-2-4-15(11)23(19,20)18-13-6-10-22-14(13)5-8-21-9-7-17/h2-4,6,8,20H,5,7,9H2,1H3;2-4,6,10,18H,5,7-9H2,1H3. The van der Waals surface area contributed by atoms with Gasteiger partial charge in [-0.2, -0.15) is 13.2 Å². The first-order chi connectivity index (χ1) is 22.6. The second-order valence-electron chi connectivity index (χ2n) is 9.92. The van der Waals surface area contributed by atoms with E-state index in [0.29, 0.717) is 50.5 Å². The number of hydrogen-bond acceptors (Lipinski definition) is 8. The van der Waals surface area contributed by atoms with E-state index < -0.39 is 39.5 Å². The van der Waals surface area contributed by atoms with Crippen LogP contribution in [0.1, 0.15) is 20.9 Å². The molecule has 0 aliphatic carbocycles. The van der Waals surface area contributed by atoms with Crippen LogP contribution in [0, 0.1) is 13.8 Å². The molecule has 2 aromatic heterocycles. The van der Waals surface area contributed by atoms with E-state index in [0.717, 1.165) is 4.88 Å². The van der Waals surface area contributed by atoms with Gasteiger partial charge in [0.25, 0.3) is 20.0 Å². The molecule has 4 rings (SSSR count). The molecule has 0 unspecified atom stereocenters. The Hall–Kier alpha value is -2.44. The van der Waals surface area contributed by atoms with Crippen molar-refractivity contribution in [3.63, 3.8) is 0 Å². The van der Waals surface area contributed by atoms with Crippen molar-refractivity contribution in [2.45, 2.75) is 42.7 Å². The number of benzene rings is 2. The number of halogens is 6. The molecule has 0 fully saturated rings. The van der Waals surface area contributed by atoms with Gasteiger partial charge in [-0.05, 0) is 72.1 Å². The summed E-state index contributed by atoms with van der Waals surface area (Å²) in [6.45, 7) is 1.63. The zero-order valence-corrected chi connectivity index (χ0v) is 30.4. The first-order valence-corrected chi connectivity index (χ1v) is 19.5. The zero-order chi connectivity index (χ0) is 35.5. The number of hydrogen-bond donors (Lipinski definition) is 2. The average molecular weight is 792 g/mol. The molecule has 8 nitrogen and oxygen atoms in total. The van der Waals surface area contributed by atoms with E-state index in [-0.39, 0.29) is 29.4 Å². The van der Waals surface area contributed by atoms with Crippen LogP contribution in [-0.4, -0.2) is 56.1 Å². The molecule has 4 aromatic rings. The van der Waals surface area contributed by atoms with Crippen molar-refractivity contribution in [1.82, 2.24) is 0 Å². The summed E-state index contributed by atoms with van der Waals surface area (Å²) in [6.07, 6.45) is -3.70. The number of nitrogens with one attached hydrogen (secondary N) is 2. The molecule has 0 saturated carbocycles. The van der Waals surface area contributed by atoms with Crippen LogP contribution in [0.3, 0.4) is 0 Å². The van der Waals surface area contributed by atoms with Crippen molar-refractivity contribution in [1.29, 1.82) is 0 Å². The molecule has 2 N–H and O–H groups in total. The highest BCUT2D eigenvalue weighted by atomic mass is 35.5. The predicted octanol–water partition coefficient (Wildman–Crippen LogP) is 8.67. The lowest BCUT2D eigenvalue weighted by Gasteiger charge is -2.12. The minimum atomic E-state index is -4.38. The minimum Gasteiger partial charge on any atom is -0.378 e. The minimum absolute atomic E-state index is 0.0467. The summed E-state index contributed by atoms with van der Waals surface area (Å²) in [5, 5.41) is 4.18. The fourth-order valence-electron chi connectivity index (χ4n) is 4.08. The van der Waals surface area contributed by atoms with Gasteiger partial charge >= 0.3 is 6.18 Å². The summed E-state index contributed by atoms with van der Waals surface area (Å²) in [7, 11) is -7.58. The normalized spacial score (nSPS) is 12.0. The van der Waals surface area contributed by atoms with Crippen molar-refractivity contribution in [2.24, 2.45) is 0 Å². The van der Waals surface area contributed by atoms with Gasteiger partial charge in [-0.3, -0.25) is 9.44 Å². The molecule has 2 aromatic carbocycles. The Morgan fingerprint density at radius 3 is 1.56 bits per heavy atom. The van der Waals surface area contributed by atoms with Crippen molar-refractivity contribution in [3.05, 3.63) is 90.2 Å². The largest absolute Gasteiger partial charge is 0.411 e. The average Bonchev–Trinajstić information content (AvgIpc) is 3.64. The number of sulfonamides is 2. The maximum Gasteiger partial charge on any atom is 0.411 e. The zero-order valence-electron chi connectivity index (χ0n) is 25.6. The number of rotatable bonds is 15. The molecule has 0 spiro atoms. The van der Waals surface area contributed by atoms with Gasteiger partial charge in [0.2, 0.25) is 0 Å². The van der Waals surface area contributed by atoms with Gasteiger partial charge in [0.15, 0.2) is 0 Å². The maximum atomic E-state index is 12.6. The van der Waals surface area contributed by atoms with Gasteiger partial charge in [0.1, 0.15) is 13.3 Å². The molecule has 48 heavy (non-hydrogen) atoms. The third-order valence-corrected chi connectivity index (χ3v) is 12.2. The molecule has 0 aliphatic rings. The van der Waals surface area contributed by atoms with Gasteiger partial charge in [-0.15, -0.1) is 22.7 Å². The smallest absolute Gasteiger partial charge is 0.378 e. The first-order valence-electron chi connectivity index (χ1n) is 14.0. The number of alkyl halides is 4. The highest BCUT2D eigenvalue weighted by Gasteiger charge is 2.27. The molecule has 0 atom stereocenters. The summed E-state index contributed by atoms with van der Waals surface area (Å²) >= 11 is 14.6. The molecule has 0 saturated heterocycles. The fraction of sp³-hybridized carbons (Fsp3) is 0.333. The molecular weight excluding hydrogens is 760 g/mol. The van der Waals surface area contributed by atoms with Gasteiger partial charge in [0, 0.05) is 32.6 Å². The van der Waals surface area contributed by atoms with Crippen LogP contribution < -0.4 is 9.44 Å². The summed E-state index contributed by atoms with van der Waals surface area (Å²) in [6, 6.07) is 12.6. The second-order valence-corrected chi connectivity index (χ2v) is 16.0. The quantitative estimate of drug-likeness (QED) is 0.0922. The first kappa shape index (κ1) is 40.0. The number of ether oxygens (including phenoxy) is 2. The van der Waals surface area contributed by atoms with Gasteiger partial charge in [-0.1, -0.05) is 35.3 Å². The van der Waals surface area contributed by atoms with Crippen molar-refractivity contribution < 1.29 is 43.9 Å². The Morgan fingerprint density at radius 2 is 1.15 bits per heavy atom. The molecule has 2 heterocycles. The van der Waals surface area contributed by atoms with Crippen molar-refractivity contribution in [2.75, 3.05) is 42.5 Å². The fourth-order valence-corrected chi connectivity index (χ4v) is 9.03. The van der Waals surface area contributed by atoms with Crippen molar-refractivity contribution in [3.8, 4) is 0 Å². The SMILES string of the molecule is Cc1c(Cl)cccc1S(=O)(=O)Nc1ccsc1CCOCC(F)(F)F.Cc1c(Cl)cccc1S(=O)(=O)Nc1ccsc1CCOCCF. The Labute approximate surface area is 295 Å². The maximum absolute atomic E-state index is 12.6. The van der Waals surface area contributed by atoms with Crippen LogP contribution >= 0.6 is 45.9 Å². The highest BCUT2D eigenvalue weighted by Crippen LogP contribution is 2.30. The van der Waals surface area contributed by atoms with Gasteiger partial charge in [-0.25, -0.2) is 21.2 Å². The lowest BCUT2D eigenvalue weighted by molar-refractivity contribution is -0.173. The summed E-state index contributed by atoms with van der Waals surface area (Å²) in [4.78, 5) is 1.62. The molecular formula is C30H32Cl2F4N2O6S4. The van der Waals surface area contributed by atoms with Gasteiger partial charge in [0.05, 0.1) is 41.0 Å². The van der Waals surface area contributed by atoms with Crippen LogP contribution in [0.25, 0.3) is 0 Å². The Bertz CT molecular complexity index is 1870. The molecule has 264 valence electrons. The molecule has 0 radical (unpaired) electrons.